The lowest BCUT2D eigenvalue weighted by atomic mass is 10.2. The Morgan fingerprint density at radius 3 is 2.62 bits per heavy atom. The molecule has 0 atom stereocenters. The number of anilines is 3. The van der Waals surface area contributed by atoms with Crippen molar-refractivity contribution in [1.82, 2.24) is 10.3 Å². The van der Waals surface area contributed by atoms with Crippen LogP contribution in [0, 0.1) is 6.92 Å². The molecule has 1 heterocycles. The smallest absolute Gasteiger partial charge is 0.171 e. The summed E-state index contributed by atoms with van der Waals surface area (Å²) in [6.45, 7) is 2.62. The van der Waals surface area contributed by atoms with E-state index in [1.54, 1.807) is 6.20 Å². The molecule has 2 aromatic carbocycles. The number of aromatic nitrogens is 1. The van der Waals surface area contributed by atoms with Crippen LogP contribution in [0.3, 0.4) is 0 Å². The lowest BCUT2D eigenvalue weighted by Gasteiger charge is -2.12. The van der Waals surface area contributed by atoms with Crippen LogP contribution in [0.5, 0.6) is 0 Å². The third-order valence-electron chi connectivity index (χ3n) is 3.71. The highest BCUT2D eigenvalue weighted by Gasteiger charge is 2.02. The average molecular weight is 383 g/mol. The lowest BCUT2D eigenvalue weighted by Crippen LogP contribution is -2.28. The Hall–Kier alpha value is -2.63. The van der Waals surface area contributed by atoms with E-state index < -0.39 is 0 Å². The molecule has 0 radical (unpaired) electrons. The maximum absolute atomic E-state index is 6.14. The number of pyridine rings is 1. The molecule has 0 aliphatic carbocycles. The highest BCUT2D eigenvalue weighted by atomic mass is 35.5. The first kappa shape index (κ1) is 18.2. The van der Waals surface area contributed by atoms with Gasteiger partial charge in [0.2, 0.25) is 0 Å². The van der Waals surface area contributed by atoms with Crippen molar-refractivity contribution in [3.63, 3.8) is 0 Å². The molecule has 0 bridgehead atoms. The van der Waals surface area contributed by atoms with Gasteiger partial charge in [-0.2, -0.15) is 0 Å². The summed E-state index contributed by atoms with van der Waals surface area (Å²) in [5, 5.41) is 10.8. The Balaban J connectivity index is 1.53. The van der Waals surface area contributed by atoms with Crippen molar-refractivity contribution in [2.45, 2.75) is 13.5 Å². The van der Waals surface area contributed by atoms with Gasteiger partial charge < -0.3 is 16.0 Å². The SMILES string of the molecule is Cc1cccc(Nc2ccc(NC(=S)NCc3ccccc3Cl)cn2)c1. The van der Waals surface area contributed by atoms with Crippen LogP contribution in [0.15, 0.2) is 66.9 Å². The van der Waals surface area contributed by atoms with Crippen molar-refractivity contribution in [3.8, 4) is 0 Å². The van der Waals surface area contributed by atoms with E-state index in [1.165, 1.54) is 5.56 Å². The minimum absolute atomic E-state index is 0.520. The highest BCUT2D eigenvalue weighted by molar-refractivity contribution is 7.80. The summed E-state index contributed by atoms with van der Waals surface area (Å²) in [5.41, 5.74) is 4.02. The van der Waals surface area contributed by atoms with Crippen LogP contribution in [0.2, 0.25) is 5.02 Å². The number of benzene rings is 2. The van der Waals surface area contributed by atoms with Gasteiger partial charge in [0.05, 0.1) is 11.9 Å². The number of hydrogen-bond acceptors (Lipinski definition) is 3. The molecule has 3 N–H and O–H groups in total. The first-order valence-corrected chi connectivity index (χ1v) is 8.97. The zero-order valence-electron chi connectivity index (χ0n) is 14.3. The molecule has 0 aliphatic rings. The molecular weight excluding hydrogens is 364 g/mol. The Labute approximate surface area is 163 Å². The molecule has 0 amide bonds. The second-order valence-corrected chi connectivity index (χ2v) is 6.64. The topological polar surface area (TPSA) is 49.0 Å². The molecule has 0 unspecified atom stereocenters. The van der Waals surface area contributed by atoms with Gasteiger partial charge in [0.1, 0.15) is 5.82 Å². The Kier molecular flexibility index (Phi) is 6.04. The molecule has 3 rings (SSSR count). The summed E-state index contributed by atoms with van der Waals surface area (Å²) in [5.74, 6) is 0.774. The van der Waals surface area contributed by atoms with E-state index in [9.17, 15) is 0 Å². The van der Waals surface area contributed by atoms with Crippen molar-refractivity contribution in [2.75, 3.05) is 10.6 Å². The summed E-state index contributed by atoms with van der Waals surface area (Å²) in [6, 6.07) is 19.7. The van der Waals surface area contributed by atoms with Crippen LogP contribution in [0.25, 0.3) is 0 Å². The molecule has 0 spiro atoms. The van der Waals surface area contributed by atoms with Gasteiger partial charge in [-0.15, -0.1) is 0 Å². The van der Waals surface area contributed by atoms with Gasteiger partial charge >= 0.3 is 0 Å². The fourth-order valence-electron chi connectivity index (χ4n) is 2.41. The van der Waals surface area contributed by atoms with Crippen molar-refractivity contribution < 1.29 is 0 Å². The van der Waals surface area contributed by atoms with Crippen molar-refractivity contribution in [2.24, 2.45) is 0 Å². The van der Waals surface area contributed by atoms with Gasteiger partial charge in [-0.3, -0.25) is 0 Å². The molecule has 1 aromatic heterocycles. The molecule has 3 aromatic rings. The maximum atomic E-state index is 6.14. The van der Waals surface area contributed by atoms with E-state index in [0.717, 1.165) is 27.8 Å². The minimum atomic E-state index is 0.520. The zero-order chi connectivity index (χ0) is 18.4. The number of nitrogens with one attached hydrogen (secondary N) is 3. The molecule has 26 heavy (non-hydrogen) atoms. The number of halogens is 1. The third kappa shape index (κ3) is 5.18. The van der Waals surface area contributed by atoms with Gasteiger partial charge in [0.15, 0.2) is 5.11 Å². The largest absolute Gasteiger partial charge is 0.358 e. The molecule has 4 nitrogen and oxygen atoms in total. The van der Waals surface area contributed by atoms with Gasteiger partial charge in [0.25, 0.3) is 0 Å². The van der Waals surface area contributed by atoms with Gasteiger partial charge in [-0.1, -0.05) is 41.9 Å². The van der Waals surface area contributed by atoms with Crippen LogP contribution >= 0.6 is 23.8 Å². The quantitative estimate of drug-likeness (QED) is 0.524. The molecular formula is C20H19ClN4S. The van der Waals surface area contributed by atoms with Gasteiger partial charge in [-0.05, 0) is 60.6 Å². The molecule has 132 valence electrons. The van der Waals surface area contributed by atoms with E-state index >= 15 is 0 Å². The predicted molar refractivity (Wildman–Crippen MR) is 113 cm³/mol. The summed E-state index contributed by atoms with van der Waals surface area (Å²) in [7, 11) is 0. The Morgan fingerprint density at radius 1 is 1.04 bits per heavy atom. The Morgan fingerprint density at radius 2 is 1.88 bits per heavy atom. The van der Waals surface area contributed by atoms with E-state index in [1.807, 2.05) is 48.5 Å². The lowest BCUT2D eigenvalue weighted by molar-refractivity contribution is 0.926. The summed E-state index contributed by atoms with van der Waals surface area (Å²) in [4.78, 5) is 4.41. The number of aryl methyl sites for hydroxylation is 1. The third-order valence-corrected chi connectivity index (χ3v) is 4.32. The fraction of sp³-hybridized carbons (Fsp3) is 0.100. The van der Waals surface area contributed by atoms with E-state index in [-0.39, 0.29) is 0 Å². The number of thiocarbonyl (C=S) groups is 1. The number of hydrogen-bond donors (Lipinski definition) is 3. The summed E-state index contributed by atoms with van der Waals surface area (Å²) in [6.07, 6.45) is 1.74. The van der Waals surface area contributed by atoms with E-state index in [2.05, 4.69) is 40.0 Å². The minimum Gasteiger partial charge on any atom is -0.358 e. The standard InChI is InChI=1S/C20H19ClN4S/c1-14-5-4-7-16(11-14)24-19-10-9-17(13-22-19)25-20(26)23-12-15-6-2-3-8-18(15)21/h2-11,13H,12H2,1H3,(H,22,24)(H2,23,25,26). The second kappa shape index (κ2) is 8.65. The fourth-order valence-corrected chi connectivity index (χ4v) is 2.80. The summed E-state index contributed by atoms with van der Waals surface area (Å²) >= 11 is 11.5. The first-order valence-electron chi connectivity index (χ1n) is 8.18. The first-order chi connectivity index (χ1) is 12.6. The normalized spacial score (nSPS) is 10.2. The monoisotopic (exact) mass is 382 g/mol. The number of nitrogens with zero attached hydrogens (tertiary/aromatic N) is 1. The zero-order valence-corrected chi connectivity index (χ0v) is 15.9. The van der Waals surface area contributed by atoms with Crippen LogP contribution in [-0.2, 0) is 6.54 Å². The number of rotatable bonds is 5. The van der Waals surface area contributed by atoms with Gasteiger partial charge in [0, 0.05) is 17.3 Å². The van der Waals surface area contributed by atoms with Gasteiger partial charge in [-0.25, -0.2) is 4.98 Å². The van der Waals surface area contributed by atoms with Crippen LogP contribution < -0.4 is 16.0 Å². The molecule has 0 saturated carbocycles. The molecule has 0 aliphatic heterocycles. The average Bonchev–Trinajstić information content (AvgIpc) is 2.63. The summed E-state index contributed by atoms with van der Waals surface area (Å²) < 4.78 is 0. The predicted octanol–water partition coefficient (Wildman–Crippen LogP) is 5.27. The molecule has 6 heteroatoms. The maximum Gasteiger partial charge on any atom is 0.171 e. The van der Waals surface area contributed by atoms with Crippen LogP contribution in [0.1, 0.15) is 11.1 Å². The molecule has 0 saturated heterocycles. The molecule has 0 fully saturated rings. The Bertz CT molecular complexity index is 896. The van der Waals surface area contributed by atoms with Crippen LogP contribution in [0.4, 0.5) is 17.2 Å². The van der Waals surface area contributed by atoms with Crippen molar-refractivity contribution >= 4 is 46.1 Å². The van der Waals surface area contributed by atoms with Crippen molar-refractivity contribution in [1.29, 1.82) is 0 Å². The van der Waals surface area contributed by atoms with E-state index in [0.29, 0.717) is 11.7 Å². The van der Waals surface area contributed by atoms with Crippen LogP contribution in [-0.4, -0.2) is 10.1 Å². The van der Waals surface area contributed by atoms with E-state index in [4.69, 9.17) is 23.8 Å². The highest BCUT2D eigenvalue weighted by Crippen LogP contribution is 2.17. The second-order valence-electron chi connectivity index (χ2n) is 5.83. The van der Waals surface area contributed by atoms with Crippen molar-refractivity contribution in [3.05, 3.63) is 83.0 Å².